The Bertz CT molecular complexity index is 573. The Balaban J connectivity index is 2.21. The summed E-state index contributed by atoms with van der Waals surface area (Å²) in [6, 6.07) is 1.31. The van der Waals surface area contributed by atoms with Gasteiger partial charge in [0.1, 0.15) is 5.56 Å². The summed E-state index contributed by atoms with van der Waals surface area (Å²) >= 11 is 1.36. The molecule has 2 aromatic heterocycles. The fraction of sp³-hybridized carbons (Fsp3) is 0.100. The summed E-state index contributed by atoms with van der Waals surface area (Å²) in [5, 5.41) is 3.06. The van der Waals surface area contributed by atoms with Crippen LogP contribution in [0.15, 0.2) is 29.5 Å². The average Bonchev–Trinajstić information content (AvgIpc) is 2.64. The lowest BCUT2D eigenvalue weighted by atomic mass is 10.2. The number of pyridine rings is 1. The Kier molecular flexibility index (Phi) is 2.82. The second-order valence-corrected chi connectivity index (χ2v) is 4.39. The zero-order valence-electron chi connectivity index (χ0n) is 8.48. The zero-order chi connectivity index (χ0) is 11.5. The standard InChI is InChI=1S/C10H9N3O2S/c1-6-4-12-10(16-6)13-9(15)7-5-11-3-2-8(7)14/h2-5H,1H3,(H,11,14)(H,12,13,15). The minimum Gasteiger partial charge on any atom is -0.367 e. The Morgan fingerprint density at radius 2 is 2.38 bits per heavy atom. The van der Waals surface area contributed by atoms with Crippen LogP contribution in [0.1, 0.15) is 15.2 Å². The molecule has 2 heterocycles. The monoisotopic (exact) mass is 235 g/mol. The molecule has 0 atom stereocenters. The maximum atomic E-state index is 11.7. The predicted octanol–water partition coefficient (Wildman–Crippen LogP) is 1.39. The average molecular weight is 235 g/mol. The molecule has 1 amide bonds. The third-order valence-electron chi connectivity index (χ3n) is 1.91. The number of H-pyrrole nitrogens is 1. The largest absolute Gasteiger partial charge is 0.367 e. The van der Waals surface area contributed by atoms with Crippen LogP contribution in [-0.2, 0) is 0 Å². The van der Waals surface area contributed by atoms with Crippen molar-refractivity contribution in [2.24, 2.45) is 0 Å². The van der Waals surface area contributed by atoms with Crippen LogP contribution in [0.25, 0.3) is 0 Å². The van der Waals surface area contributed by atoms with Gasteiger partial charge in [-0.15, -0.1) is 11.3 Å². The topological polar surface area (TPSA) is 74.8 Å². The van der Waals surface area contributed by atoms with Crippen LogP contribution >= 0.6 is 11.3 Å². The van der Waals surface area contributed by atoms with Gasteiger partial charge in [-0.2, -0.15) is 0 Å². The minimum atomic E-state index is -0.448. The summed E-state index contributed by atoms with van der Waals surface area (Å²) in [6.07, 6.45) is 4.51. The van der Waals surface area contributed by atoms with Gasteiger partial charge in [-0.3, -0.25) is 14.9 Å². The number of thiazole rings is 1. The third-order valence-corrected chi connectivity index (χ3v) is 2.74. The molecule has 0 unspecified atom stereocenters. The number of carbonyl (C=O) groups excluding carboxylic acids is 1. The molecule has 0 aliphatic heterocycles. The van der Waals surface area contributed by atoms with E-state index >= 15 is 0 Å². The van der Waals surface area contributed by atoms with E-state index in [2.05, 4.69) is 15.3 Å². The highest BCUT2D eigenvalue weighted by Crippen LogP contribution is 2.16. The molecule has 82 valence electrons. The fourth-order valence-corrected chi connectivity index (χ4v) is 1.83. The molecule has 0 fully saturated rings. The van der Waals surface area contributed by atoms with Crippen molar-refractivity contribution in [2.75, 3.05) is 5.32 Å². The summed E-state index contributed by atoms with van der Waals surface area (Å²) in [5.41, 5.74) is -0.236. The van der Waals surface area contributed by atoms with Gasteiger partial charge in [-0.05, 0) is 6.92 Å². The third kappa shape index (κ3) is 2.17. The van der Waals surface area contributed by atoms with Gasteiger partial charge in [-0.25, -0.2) is 4.98 Å². The molecule has 2 rings (SSSR count). The molecule has 0 bridgehead atoms. The maximum Gasteiger partial charge on any atom is 0.262 e. The van der Waals surface area contributed by atoms with Crippen LogP contribution in [0.3, 0.4) is 0 Å². The van der Waals surface area contributed by atoms with Gasteiger partial charge in [0.25, 0.3) is 5.91 Å². The maximum absolute atomic E-state index is 11.7. The smallest absolute Gasteiger partial charge is 0.262 e. The number of aromatic amines is 1. The van der Waals surface area contributed by atoms with Crippen molar-refractivity contribution < 1.29 is 4.79 Å². The number of amides is 1. The van der Waals surface area contributed by atoms with Gasteiger partial charge in [0.15, 0.2) is 10.6 Å². The van der Waals surface area contributed by atoms with Crippen molar-refractivity contribution in [2.45, 2.75) is 6.92 Å². The van der Waals surface area contributed by atoms with E-state index in [0.29, 0.717) is 5.13 Å². The summed E-state index contributed by atoms with van der Waals surface area (Å²) in [7, 11) is 0. The quantitative estimate of drug-likeness (QED) is 0.826. The van der Waals surface area contributed by atoms with Crippen molar-refractivity contribution in [3.8, 4) is 0 Å². The molecule has 0 saturated heterocycles. The van der Waals surface area contributed by atoms with Crippen LogP contribution < -0.4 is 10.7 Å². The zero-order valence-corrected chi connectivity index (χ0v) is 9.30. The van der Waals surface area contributed by atoms with Crippen LogP contribution in [0.2, 0.25) is 0 Å². The molecule has 0 aromatic carbocycles. The number of rotatable bonds is 2. The van der Waals surface area contributed by atoms with Crippen LogP contribution in [-0.4, -0.2) is 15.9 Å². The molecule has 16 heavy (non-hydrogen) atoms. The molecule has 0 saturated carbocycles. The first-order valence-electron chi connectivity index (χ1n) is 4.58. The second-order valence-electron chi connectivity index (χ2n) is 3.15. The molecule has 2 aromatic rings. The van der Waals surface area contributed by atoms with Gasteiger partial charge in [-0.1, -0.05) is 0 Å². The van der Waals surface area contributed by atoms with Crippen LogP contribution in [0.5, 0.6) is 0 Å². The lowest BCUT2D eigenvalue weighted by molar-refractivity contribution is 0.102. The van der Waals surface area contributed by atoms with Crippen molar-refractivity contribution >= 4 is 22.4 Å². The Morgan fingerprint density at radius 3 is 3.00 bits per heavy atom. The highest BCUT2D eigenvalue weighted by atomic mass is 32.1. The molecule has 0 spiro atoms. The van der Waals surface area contributed by atoms with Gasteiger partial charge in [0.2, 0.25) is 0 Å². The fourth-order valence-electron chi connectivity index (χ4n) is 1.17. The first kappa shape index (κ1) is 10.6. The molecule has 0 radical (unpaired) electrons. The van der Waals surface area contributed by atoms with Crippen molar-refractivity contribution in [3.05, 3.63) is 45.3 Å². The Morgan fingerprint density at radius 1 is 1.56 bits per heavy atom. The minimum absolute atomic E-state index is 0.0790. The molecule has 6 heteroatoms. The van der Waals surface area contributed by atoms with E-state index in [1.54, 1.807) is 6.20 Å². The van der Waals surface area contributed by atoms with Gasteiger partial charge >= 0.3 is 0 Å². The number of nitrogens with one attached hydrogen (secondary N) is 2. The highest BCUT2D eigenvalue weighted by molar-refractivity contribution is 7.15. The normalized spacial score (nSPS) is 10.1. The summed E-state index contributed by atoms with van der Waals surface area (Å²) < 4.78 is 0. The lowest BCUT2D eigenvalue weighted by Crippen LogP contribution is -2.20. The van der Waals surface area contributed by atoms with E-state index in [9.17, 15) is 9.59 Å². The number of aryl methyl sites for hydroxylation is 1. The number of aromatic nitrogens is 2. The molecule has 0 aliphatic carbocycles. The van der Waals surface area contributed by atoms with Crippen molar-refractivity contribution in [3.63, 3.8) is 0 Å². The second kappa shape index (κ2) is 4.28. The molecule has 2 N–H and O–H groups in total. The molecular formula is C10H9N3O2S. The number of nitrogens with zero attached hydrogens (tertiary/aromatic N) is 1. The van der Waals surface area contributed by atoms with Crippen LogP contribution in [0.4, 0.5) is 5.13 Å². The van der Waals surface area contributed by atoms with E-state index in [1.165, 1.54) is 29.8 Å². The van der Waals surface area contributed by atoms with E-state index < -0.39 is 5.91 Å². The van der Waals surface area contributed by atoms with E-state index in [-0.39, 0.29) is 11.0 Å². The summed E-state index contributed by atoms with van der Waals surface area (Å²) in [4.78, 5) is 30.7. The van der Waals surface area contributed by atoms with E-state index in [1.807, 2.05) is 6.92 Å². The SMILES string of the molecule is Cc1cnc(NC(=O)c2c[nH]ccc2=O)s1. The summed E-state index contributed by atoms with van der Waals surface area (Å²) in [5.74, 6) is -0.448. The first-order chi connectivity index (χ1) is 7.66. The highest BCUT2D eigenvalue weighted by Gasteiger charge is 2.10. The summed E-state index contributed by atoms with van der Waals surface area (Å²) in [6.45, 7) is 1.89. The predicted molar refractivity (Wildman–Crippen MR) is 61.9 cm³/mol. The molecule has 5 nitrogen and oxygen atoms in total. The molecule has 0 aliphatic rings. The van der Waals surface area contributed by atoms with E-state index in [4.69, 9.17) is 0 Å². The first-order valence-corrected chi connectivity index (χ1v) is 5.39. The Hall–Kier alpha value is -1.95. The Labute approximate surface area is 95.2 Å². The van der Waals surface area contributed by atoms with Gasteiger partial charge in [0, 0.05) is 29.5 Å². The number of carbonyl (C=O) groups is 1. The van der Waals surface area contributed by atoms with Crippen molar-refractivity contribution in [1.29, 1.82) is 0 Å². The number of hydrogen-bond donors (Lipinski definition) is 2. The lowest BCUT2D eigenvalue weighted by Gasteiger charge is -1.99. The van der Waals surface area contributed by atoms with E-state index in [0.717, 1.165) is 4.88 Å². The number of anilines is 1. The van der Waals surface area contributed by atoms with Crippen molar-refractivity contribution in [1.82, 2.24) is 9.97 Å². The number of hydrogen-bond acceptors (Lipinski definition) is 4. The van der Waals surface area contributed by atoms with Gasteiger partial charge < -0.3 is 4.98 Å². The van der Waals surface area contributed by atoms with Gasteiger partial charge in [0.05, 0.1) is 0 Å². The molecular weight excluding hydrogens is 226 g/mol. The van der Waals surface area contributed by atoms with Crippen LogP contribution in [0, 0.1) is 6.92 Å².